The Bertz CT molecular complexity index is 1510. The lowest BCUT2D eigenvalue weighted by atomic mass is 9.90. The molecule has 5 rings (SSSR count). The Hall–Kier alpha value is -3.15. The fraction of sp³-hybridized carbons (Fsp3) is 0.444. The minimum atomic E-state index is -4.29. The van der Waals surface area contributed by atoms with E-state index in [2.05, 4.69) is 14.8 Å². The summed E-state index contributed by atoms with van der Waals surface area (Å²) in [6.45, 7) is 6.15. The molecule has 1 aromatic carbocycles. The number of hydrogen-bond donors (Lipinski definition) is 1. The van der Waals surface area contributed by atoms with Crippen molar-refractivity contribution in [1.82, 2.24) is 19.5 Å². The van der Waals surface area contributed by atoms with Gasteiger partial charge in [0.15, 0.2) is 10.6 Å². The topological polar surface area (TPSA) is 112 Å². The van der Waals surface area contributed by atoms with Crippen LogP contribution >= 0.6 is 0 Å². The van der Waals surface area contributed by atoms with Gasteiger partial charge in [0.2, 0.25) is 5.91 Å². The second-order valence-electron chi connectivity index (χ2n) is 10.2. The molecule has 1 fully saturated rings. The molecule has 0 atom stereocenters. The van der Waals surface area contributed by atoms with E-state index in [4.69, 9.17) is 9.47 Å². The molecule has 2 aliphatic rings. The minimum absolute atomic E-state index is 0.148. The maximum Gasteiger partial charge on any atom is 0.283 e. The normalized spacial score (nSPS) is 16.4. The number of aryl methyl sites for hydroxylation is 1. The van der Waals surface area contributed by atoms with Crippen LogP contribution in [0.2, 0.25) is 0 Å². The molecule has 9 nitrogen and oxygen atoms in total. The Morgan fingerprint density at radius 2 is 1.97 bits per heavy atom. The van der Waals surface area contributed by atoms with Crippen molar-refractivity contribution in [3.8, 4) is 11.1 Å². The van der Waals surface area contributed by atoms with E-state index >= 15 is 0 Å². The number of hydrogen-bond acceptors (Lipinski definition) is 7. The van der Waals surface area contributed by atoms with Crippen LogP contribution in [0.1, 0.15) is 54.4 Å². The van der Waals surface area contributed by atoms with Crippen LogP contribution in [0, 0.1) is 12.7 Å². The Labute approximate surface area is 221 Å². The first kappa shape index (κ1) is 26.5. The maximum absolute atomic E-state index is 15.0. The molecule has 202 valence electrons. The molecule has 0 spiro atoms. The van der Waals surface area contributed by atoms with Gasteiger partial charge in [0, 0.05) is 31.1 Å². The molecule has 3 heterocycles. The van der Waals surface area contributed by atoms with Crippen molar-refractivity contribution in [2.24, 2.45) is 0 Å². The van der Waals surface area contributed by atoms with Crippen LogP contribution in [-0.4, -0.2) is 49.4 Å². The molecule has 0 bridgehead atoms. The Morgan fingerprint density at radius 1 is 1.24 bits per heavy atom. The molecular formula is C27H31FN4O5S. The fourth-order valence-corrected chi connectivity index (χ4v) is 6.21. The monoisotopic (exact) mass is 542 g/mol. The number of carbonyl (C=O) groups excluding carboxylic acids is 1. The van der Waals surface area contributed by atoms with Crippen LogP contribution in [0.5, 0.6) is 0 Å². The number of benzene rings is 1. The van der Waals surface area contributed by atoms with Crippen molar-refractivity contribution in [3.63, 3.8) is 0 Å². The standard InChI is InChI=1S/C27H31FN4O5S/c1-16(2)32-24(27(36-4)14-37-15-27)13-26(30-32)38(34,35)31-25(33)12-22-19-6-5-7-20(19)23(28)11-21(22)18-8-9-29-17(3)10-18/h8-11,13,16H,5-7,12,14-15H2,1-4H3,(H,31,33). The molecule has 0 unspecified atom stereocenters. The summed E-state index contributed by atoms with van der Waals surface area (Å²) >= 11 is 0. The predicted octanol–water partition coefficient (Wildman–Crippen LogP) is 3.38. The van der Waals surface area contributed by atoms with Crippen LogP contribution in [-0.2, 0) is 49.2 Å². The molecule has 0 saturated carbocycles. The summed E-state index contributed by atoms with van der Waals surface area (Å²) in [4.78, 5) is 17.4. The summed E-state index contributed by atoms with van der Waals surface area (Å²) in [6, 6.07) is 6.31. The highest BCUT2D eigenvalue weighted by molar-refractivity contribution is 7.90. The lowest BCUT2D eigenvalue weighted by Gasteiger charge is -2.40. The number of amides is 1. The van der Waals surface area contributed by atoms with Crippen LogP contribution < -0.4 is 4.72 Å². The molecule has 1 aliphatic heterocycles. The number of rotatable bonds is 8. The van der Waals surface area contributed by atoms with Crippen LogP contribution in [0.3, 0.4) is 0 Å². The lowest BCUT2D eigenvalue weighted by molar-refractivity contribution is -0.206. The van der Waals surface area contributed by atoms with E-state index in [0.717, 1.165) is 23.2 Å². The highest BCUT2D eigenvalue weighted by Gasteiger charge is 2.45. The number of carbonyl (C=O) groups is 1. The van der Waals surface area contributed by atoms with E-state index < -0.39 is 21.5 Å². The zero-order chi connectivity index (χ0) is 27.2. The van der Waals surface area contributed by atoms with E-state index in [-0.39, 0.29) is 36.5 Å². The second kappa shape index (κ2) is 9.87. The van der Waals surface area contributed by atoms with Gasteiger partial charge < -0.3 is 9.47 Å². The zero-order valence-electron chi connectivity index (χ0n) is 21.9. The maximum atomic E-state index is 15.0. The number of aromatic nitrogens is 3. The van der Waals surface area contributed by atoms with E-state index in [1.165, 1.54) is 12.1 Å². The SMILES string of the molecule is COC1(c2cc(S(=O)(=O)NC(=O)Cc3c(-c4ccnc(C)c4)cc(F)c4c3CCC4)nn2C(C)C)COC1. The number of sulfonamides is 1. The molecule has 1 saturated heterocycles. The molecule has 1 amide bonds. The number of halogens is 1. The van der Waals surface area contributed by atoms with Crippen molar-refractivity contribution in [2.75, 3.05) is 20.3 Å². The molecule has 0 radical (unpaired) electrons. The molecular weight excluding hydrogens is 511 g/mol. The fourth-order valence-electron chi connectivity index (χ4n) is 5.27. The van der Waals surface area contributed by atoms with E-state index in [1.807, 2.05) is 26.8 Å². The summed E-state index contributed by atoms with van der Waals surface area (Å²) in [5.41, 5.74) is 3.84. The average molecular weight is 543 g/mol. The van der Waals surface area contributed by atoms with Crippen LogP contribution in [0.25, 0.3) is 11.1 Å². The van der Waals surface area contributed by atoms with Gasteiger partial charge in [0.25, 0.3) is 10.0 Å². The number of pyridine rings is 1. The quantitative estimate of drug-likeness (QED) is 0.464. The third-order valence-corrected chi connectivity index (χ3v) is 8.51. The molecule has 38 heavy (non-hydrogen) atoms. The van der Waals surface area contributed by atoms with Gasteiger partial charge >= 0.3 is 0 Å². The number of ether oxygens (including phenoxy) is 2. The third kappa shape index (κ3) is 4.63. The summed E-state index contributed by atoms with van der Waals surface area (Å²) in [6.07, 6.45) is 3.41. The highest BCUT2D eigenvalue weighted by atomic mass is 32.2. The largest absolute Gasteiger partial charge is 0.374 e. The molecule has 3 aromatic rings. The van der Waals surface area contributed by atoms with E-state index in [9.17, 15) is 17.6 Å². The summed E-state index contributed by atoms with van der Waals surface area (Å²) in [7, 11) is -2.74. The number of nitrogens with one attached hydrogen (secondary N) is 1. The van der Waals surface area contributed by atoms with Crippen molar-refractivity contribution >= 4 is 15.9 Å². The first-order chi connectivity index (χ1) is 18.0. The third-order valence-electron chi connectivity index (χ3n) is 7.27. The number of fused-ring (bicyclic) bond motifs is 1. The number of nitrogens with zero attached hydrogens (tertiary/aromatic N) is 3. The lowest BCUT2D eigenvalue weighted by Crippen LogP contribution is -2.49. The van der Waals surface area contributed by atoms with Gasteiger partial charge in [-0.1, -0.05) is 0 Å². The summed E-state index contributed by atoms with van der Waals surface area (Å²) < 4.78 is 56.3. The van der Waals surface area contributed by atoms with Gasteiger partial charge in [-0.2, -0.15) is 13.5 Å². The summed E-state index contributed by atoms with van der Waals surface area (Å²) in [5, 5.41) is 4.03. The average Bonchev–Trinajstić information content (AvgIpc) is 3.49. The smallest absolute Gasteiger partial charge is 0.283 e. The van der Waals surface area contributed by atoms with E-state index in [1.54, 1.807) is 24.1 Å². The molecule has 2 aromatic heterocycles. The first-order valence-electron chi connectivity index (χ1n) is 12.6. The van der Waals surface area contributed by atoms with E-state index in [0.29, 0.717) is 35.2 Å². The van der Waals surface area contributed by atoms with Gasteiger partial charge in [-0.25, -0.2) is 9.11 Å². The predicted molar refractivity (Wildman–Crippen MR) is 138 cm³/mol. The van der Waals surface area contributed by atoms with Gasteiger partial charge in [0.1, 0.15) is 5.82 Å². The Balaban J connectivity index is 1.47. The van der Waals surface area contributed by atoms with Gasteiger partial charge in [-0.05, 0) is 86.1 Å². The van der Waals surface area contributed by atoms with Gasteiger partial charge in [-0.3, -0.25) is 14.5 Å². The molecule has 11 heteroatoms. The Morgan fingerprint density at radius 3 is 2.61 bits per heavy atom. The van der Waals surface area contributed by atoms with Crippen molar-refractivity contribution in [2.45, 2.75) is 63.1 Å². The first-order valence-corrected chi connectivity index (χ1v) is 14.1. The number of methoxy groups -OCH3 is 1. The van der Waals surface area contributed by atoms with Crippen molar-refractivity contribution in [1.29, 1.82) is 0 Å². The van der Waals surface area contributed by atoms with Crippen molar-refractivity contribution < 1.29 is 27.1 Å². The van der Waals surface area contributed by atoms with Gasteiger partial charge in [0.05, 0.1) is 25.3 Å². The molecule has 1 N–H and O–H groups in total. The zero-order valence-corrected chi connectivity index (χ0v) is 22.7. The Kier molecular flexibility index (Phi) is 6.87. The molecule has 1 aliphatic carbocycles. The van der Waals surface area contributed by atoms with Crippen LogP contribution in [0.15, 0.2) is 35.5 Å². The highest BCUT2D eigenvalue weighted by Crippen LogP contribution is 2.37. The summed E-state index contributed by atoms with van der Waals surface area (Å²) in [5.74, 6) is -1.02. The van der Waals surface area contributed by atoms with Gasteiger partial charge in [-0.15, -0.1) is 0 Å². The van der Waals surface area contributed by atoms with Crippen LogP contribution in [0.4, 0.5) is 4.39 Å². The minimum Gasteiger partial charge on any atom is -0.374 e. The van der Waals surface area contributed by atoms with Crippen molar-refractivity contribution in [3.05, 3.63) is 64.4 Å². The second-order valence-corrected chi connectivity index (χ2v) is 11.8.